The SMILES string of the molecule is Cc1ccc2nc(CN3CCn4cccc4C3C)cc(=O)n2c1. The summed E-state index contributed by atoms with van der Waals surface area (Å²) >= 11 is 0. The first kappa shape index (κ1) is 14.2. The second kappa shape index (κ2) is 5.35. The zero-order chi connectivity index (χ0) is 16.0. The molecule has 0 aromatic carbocycles. The molecule has 0 radical (unpaired) electrons. The maximum atomic E-state index is 12.3. The first-order valence-corrected chi connectivity index (χ1v) is 8.00. The Labute approximate surface area is 134 Å². The Morgan fingerprint density at radius 1 is 1.26 bits per heavy atom. The second-order valence-electron chi connectivity index (χ2n) is 6.29. The molecule has 0 bridgehead atoms. The minimum atomic E-state index is -0.0123. The van der Waals surface area contributed by atoms with Crippen LogP contribution in [0.15, 0.2) is 47.5 Å². The molecular formula is C18H20N4O. The Kier molecular flexibility index (Phi) is 3.31. The predicted octanol–water partition coefficient (Wildman–Crippen LogP) is 2.38. The molecule has 4 rings (SSSR count). The van der Waals surface area contributed by atoms with Gasteiger partial charge in [0.25, 0.3) is 5.56 Å². The lowest BCUT2D eigenvalue weighted by molar-refractivity contribution is 0.159. The molecule has 0 saturated heterocycles. The first-order valence-electron chi connectivity index (χ1n) is 8.00. The van der Waals surface area contributed by atoms with Crippen molar-refractivity contribution in [1.82, 2.24) is 18.9 Å². The molecule has 4 heterocycles. The highest BCUT2D eigenvalue weighted by Gasteiger charge is 2.23. The summed E-state index contributed by atoms with van der Waals surface area (Å²) in [5.41, 5.74) is 3.92. The van der Waals surface area contributed by atoms with Gasteiger partial charge in [-0.15, -0.1) is 0 Å². The van der Waals surface area contributed by atoms with Crippen LogP contribution in [0.5, 0.6) is 0 Å². The van der Waals surface area contributed by atoms with E-state index in [0.29, 0.717) is 18.2 Å². The zero-order valence-corrected chi connectivity index (χ0v) is 13.4. The van der Waals surface area contributed by atoms with E-state index in [9.17, 15) is 4.79 Å². The van der Waals surface area contributed by atoms with Crippen molar-refractivity contribution < 1.29 is 0 Å². The van der Waals surface area contributed by atoms with Gasteiger partial charge in [0.1, 0.15) is 5.65 Å². The summed E-state index contributed by atoms with van der Waals surface area (Å²) in [7, 11) is 0. The van der Waals surface area contributed by atoms with Gasteiger partial charge in [-0.05, 0) is 37.6 Å². The summed E-state index contributed by atoms with van der Waals surface area (Å²) in [5, 5.41) is 0. The van der Waals surface area contributed by atoms with Crippen molar-refractivity contribution >= 4 is 5.65 Å². The van der Waals surface area contributed by atoms with Crippen molar-refractivity contribution in [2.24, 2.45) is 0 Å². The number of rotatable bonds is 2. The van der Waals surface area contributed by atoms with Crippen molar-refractivity contribution in [2.45, 2.75) is 33.0 Å². The fourth-order valence-electron chi connectivity index (χ4n) is 3.39. The van der Waals surface area contributed by atoms with Crippen molar-refractivity contribution in [2.75, 3.05) is 6.54 Å². The topological polar surface area (TPSA) is 42.5 Å². The number of aryl methyl sites for hydroxylation is 1. The molecule has 1 atom stereocenters. The third-order valence-corrected chi connectivity index (χ3v) is 4.69. The molecule has 1 aliphatic heterocycles. The third kappa shape index (κ3) is 2.47. The fraction of sp³-hybridized carbons (Fsp3) is 0.333. The Hall–Kier alpha value is -2.40. The van der Waals surface area contributed by atoms with Crippen LogP contribution in [0, 0.1) is 6.92 Å². The van der Waals surface area contributed by atoms with E-state index in [0.717, 1.165) is 24.3 Å². The summed E-state index contributed by atoms with van der Waals surface area (Å²) in [6.07, 6.45) is 3.97. The van der Waals surface area contributed by atoms with Gasteiger partial charge in [0.05, 0.1) is 5.69 Å². The third-order valence-electron chi connectivity index (χ3n) is 4.69. The van der Waals surface area contributed by atoms with Crippen molar-refractivity contribution in [3.8, 4) is 0 Å². The number of fused-ring (bicyclic) bond motifs is 2. The summed E-state index contributed by atoms with van der Waals surface area (Å²) in [6.45, 7) is 6.84. The number of pyridine rings is 1. The Balaban J connectivity index is 1.66. The Morgan fingerprint density at radius 3 is 3.00 bits per heavy atom. The average Bonchev–Trinajstić information content (AvgIpc) is 3.00. The Bertz CT molecular complexity index is 924. The van der Waals surface area contributed by atoms with Gasteiger partial charge in [-0.1, -0.05) is 6.07 Å². The molecule has 5 heteroatoms. The molecule has 0 amide bonds. The van der Waals surface area contributed by atoms with Crippen LogP contribution >= 0.6 is 0 Å². The van der Waals surface area contributed by atoms with Crippen molar-refractivity contribution in [3.63, 3.8) is 0 Å². The fourth-order valence-corrected chi connectivity index (χ4v) is 3.39. The first-order chi connectivity index (χ1) is 11.1. The molecule has 5 nitrogen and oxygen atoms in total. The Morgan fingerprint density at radius 2 is 2.13 bits per heavy atom. The minimum absolute atomic E-state index is 0.0123. The highest BCUT2D eigenvalue weighted by Crippen LogP contribution is 2.26. The number of hydrogen-bond donors (Lipinski definition) is 0. The minimum Gasteiger partial charge on any atom is -0.349 e. The molecule has 0 aliphatic carbocycles. The standard InChI is InChI=1S/C18H20N4O/c1-13-5-6-17-19-15(10-18(23)22(17)11-13)12-21-9-8-20-7-3-4-16(20)14(21)2/h3-7,10-11,14H,8-9,12H2,1-2H3. The monoisotopic (exact) mass is 308 g/mol. The largest absolute Gasteiger partial charge is 0.349 e. The van der Waals surface area contributed by atoms with Crippen LogP contribution in [0.3, 0.4) is 0 Å². The normalized spacial score (nSPS) is 18.3. The maximum absolute atomic E-state index is 12.3. The van der Waals surface area contributed by atoms with E-state index in [1.54, 1.807) is 10.5 Å². The van der Waals surface area contributed by atoms with E-state index >= 15 is 0 Å². The molecule has 0 fully saturated rings. The highest BCUT2D eigenvalue weighted by atomic mass is 16.1. The lowest BCUT2D eigenvalue weighted by atomic mass is 10.1. The summed E-state index contributed by atoms with van der Waals surface area (Å²) in [5.74, 6) is 0. The van der Waals surface area contributed by atoms with Gasteiger partial charge in [-0.25, -0.2) is 4.98 Å². The van der Waals surface area contributed by atoms with Crippen molar-refractivity contribution in [3.05, 3.63) is 70.0 Å². The molecule has 1 aliphatic rings. The van der Waals surface area contributed by atoms with Gasteiger partial charge < -0.3 is 4.57 Å². The molecule has 3 aromatic rings. The van der Waals surface area contributed by atoms with E-state index in [1.165, 1.54) is 5.69 Å². The van der Waals surface area contributed by atoms with Crippen LogP contribution < -0.4 is 5.56 Å². The van der Waals surface area contributed by atoms with Gasteiger partial charge in [-0.2, -0.15) is 0 Å². The van der Waals surface area contributed by atoms with E-state index in [-0.39, 0.29) is 5.56 Å². The lowest BCUT2D eigenvalue weighted by Gasteiger charge is -2.34. The molecule has 0 saturated carbocycles. The average molecular weight is 308 g/mol. The molecule has 3 aromatic heterocycles. The van der Waals surface area contributed by atoms with E-state index in [1.807, 2.05) is 25.3 Å². The molecular weight excluding hydrogens is 288 g/mol. The van der Waals surface area contributed by atoms with Gasteiger partial charge in [0, 0.05) is 49.8 Å². The van der Waals surface area contributed by atoms with Crippen LogP contribution in [-0.2, 0) is 13.1 Å². The highest BCUT2D eigenvalue weighted by molar-refractivity contribution is 5.40. The summed E-state index contributed by atoms with van der Waals surface area (Å²) < 4.78 is 3.91. The lowest BCUT2D eigenvalue weighted by Crippen LogP contribution is -2.36. The zero-order valence-electron chi connectivity index (χ0n) is 13.4. The summed E-state index contributed by atoms with van der Waals surface area (Å²) in [4.78, 5) is 19.4. The molecule has 23 heavy (non-hydrogen) atoms. The van der Waals surface area contributed by atoms with Gasteiger partial charge in [-0.3, -0.25) is 14.1 Å². The van der Waals surface area contributed by atoms with E-state index in [4.69, 9.17) is 0 Å². The quantitative estimate of drug-likeness (QED) is 0.730. The van der Waals surface area contributed by atoms with Gasteiger partial charge >= 0.3 is 0 Å². The predicted molar refractivity (Wildman–Crippen MR) is 89.5 cm³/mol. The number of aromatic nitrogens is 3. The van der Waals surface area contributed by atoms with Crippen LogP contribution in [0.2, 0.25) is 0 Å². The number of hydrogen-bond acceptors (Lipinski definition) is 3. The number of nitrogens with zero attached hydrogens (tertiary/aromatic N) is 4. The smallest absolute Gasteiger partial charge is 0.258 e. The van der Waals surface area contributed by atoms with Crippen molar-refractivity contribution in [1.29, 1.82) is 0 Å². The molecule has 0 spiro atoms. The van der Waals surface area contributed by atoms with Crippen LogP contribution in [-0.4, -0.2) is 25.4 Å². The second-order valence-corrected chi connectivity index (χ2v) is 6.29. The van der Waals surface area contributed by atoms with Crippen LogP contribution in [0.1, 0.15) is 29.9 Å². The molecule has 0 N–H and O–H groups in total. The molecule has 1 unspecified atom stereocenters. The van der Waals surface area contributed by atoms with E-state index < -0.39 is 0 Å². The summed E-state index contributed by atoms with van der Waals surface area (Å²) in [6, 6.07) is 10.2. The van der Waals surface area contributed by atoms with E-state index in [2.05, 4.69) is 39.7 Å². The van der Waals surface area contributed by atoms with Crippen LogP contribution in [0.4, 0.5) is 0 Å². The maximum Gasteiger partial charge on any atom is 0.258 e. The molecule has 118 valence electrons. The van der Waals surface area contributed by atoms with Gasteiger partial charge in [0.15, 0.2) is 0 Å². The van der Waals surface area contributed by atoms with Crippen LogP contribution in [0.25, 0.3) is 5.65 Å². The van der Waals surface area contributed by atoms with Gasteiger partial charge in [0.2, 0.25) is 0 Å².